The normalized spacial score (nSPS) is 17.8. The summed E-state index contributed by atoms with van der Waals surface area (Å²) >= 11 is 0. The molecule has 1 heterocycles. The van der Waals surface area contributed by atoms with Gasteiger partial charge in [0.25, 0.3) is 0 Å². The Morgan fingerprint density at radius 1 is 1.16 bits per heavy atom. The summed E-state index contributed by atoms with van der Waals surface area (Å²) in [5.41, 5.74) is 1.23. The van der Waals surface area contributed by atoms with Crippen molar-refractivity contribution in [3.63, 3.8) is 0 Å². The lowest BCUT2D eigenvalue weighted by atomic mass is 9.89. The van der Waals surface area contributed by atoms with Crippen LogP contribution in [0.3, 0.4) is 0 Å². The summed E-state index contributed by atoms with van der Waals surface area (Å²) in [6.45, 7) is 9.48. The zero-order valence-electron chi connectivity index (χ0n) is 12.4. The van der Waals surface area contributed by atoms with E-state index in [1.54, 1.807) is 0 Å². The van der Waals surface area contributed by atoms with Crippen molar-refractivity contribution >= 4 is 5.69 Å². The smallest absolute Gasteiger partial charge is 0.0340 e. The molecule has 1 saturated heterocycles. The van der Waals surface area contributed by atoms with Crippen molar-refractivity contribution in [2.24, 2.45) is 11.8 Å². The third-order valence-corrected chi connectivity index (χ3v) is 4.04. The van der Waals surface area contributed by atoms with Crippen LogP contribution in [0.2, 0.25) is 0 Å². The molecule has 0 aromatic heterocycles. The Labute approximate surface area is 118 Å². The highest BCUT2D eigenvalue weighted by molar-refractivity contribution is 5.42. The fraction of sp³-hybridized carbons (Fsp3) is 0.647. The highest BCUT2D eigenvalue weighted by atomic mass is 15.1. The number of nitrogens with one attached hydrogen (secondary N) is 1. The zero-order valence-corrected chi connectivity index (χ0v) is 12.4. The van der Waals surface area contributed by atoms with Crippen molar-refractivity contribution in [2.75, 3.05) is 31.5 Å². The molecular weight excluding hydrogens is 232 g/mol. The van der Waals surface area contributed by atoms with Crippen LogP contribution in [0, 0.1) is 11.8 Å². The summed E-state index contributed by atoms with van der Waals surface area (Å²) in [5.74, 6) is 1.83. The Hall–Kier alpha value is -1.02. The molecule has 1 aliphatic heterocycles. The number of likely N-dealkylation sites (tertiary alicyclic amines) is 1. The number of piperidine rings is 1. The molecule has 1 aliphatic rings. The van der Waals surface area contributed by atoms with E-state index in [9.17, 15) is 0 Å². The minimum Gasteiger partial charge on any atom is -0.384 e. The van der Waals surface area contributed by atoms with Gasteiger partial charge in [-0.25, -0.2) is 0 Å². The standard InChI is InChI=1S/C17H28N2/c1-15(2)14-16-8-11-19(12-9-16)13-10-18-17-6-4-3-5-7-17/h3-7,15-16,18H,8-14H2,1-2H3. The number of benzene rings is 1. The molecule has 2 heteroatoms. The Kier molecular flexibility index (Phi) is 5.71. The second kappa shape index (κ2) is 7.54. The van der Waals surface area contributed by atoms with Crippen molar-refractivity contribution < 1.29 is 0 Å². The second-order valence-corrected chi connectivity index (χ2v) is 6.21. The maximum absolute atomic E-state index is 3.49. The number of anilines is 1. The largest absolute Gasteiger partial charge is 0.384 e. The van der Waals surface area contributed by atoms with Crippen LogP contribution in [0.1, 0.15) is 33.1 Å². The molecule has 2 rings (SSSR count). The molecule has 0 bridgehead atoms. The molecule has 1 aromatic rings. The van der Waals surface area contributed by atoms with Crippen molar-refractivity contribution in [1.29, 1.82) is 0 Å². The van der Waals surface area contributed by atoms with Crippen LogP contribution in [-0.4, -0.2) is 31.1 Å². The molecule has 19 heavy (non-hydrogen) atoms. The monoisotopic (exact) mass is 260 g/mol. The molecule has 1 N–H and O–H groups in total. The van der Waals surface area contributed by atoms with Crippen LogP contribution in [0.5, 0.6) is 0 Å². The molecule has 1 aromatic carbocycles. The lowest BCUT2D eigenvalue weighted by Crippen LogP contribution is -2.37. The van der Waals surface area contributed by atoms with Gasteiger partial charge in [-0.1, -0.05) is 32.0 Å². The molecule has 1 fully saturated rings. The molecule has 0 amide bonds. The van der Waals surface area contributed by atoms with Gasteiger partial charge in [-0.3, -0.25) is 0 Å². The Balaban J connectivity index is 1.61. The fourth-order valence-corrected chi connectivity index (χ4v) is 3.03. The number of para-hydroxylation sites is 1. The van der Waals surface area contributed by atoms with E-state index in [4.69, 9.17) is 0 Å². The van der Waals surface area contributed by atoms with Gasteiger partial charge in [-0.2, -0.15) is 0 Å². The molecule has 0 aliphatic carbocycles. The highest BCUT2D eigenvalue weighted by Gasteiger charge is 2.19. The maximum Gasteiger partial charge on any atom is 0.0340 e. The SMILES string of the molecule is CC(C)CC1CCN(CCNc2ccccc2)CC1. The highest BCUT2D eigenvalue weighted by Crippen LogP contribution is 2.23. The van der Waals surface area contributed by atoms with E-state index in [2.05, 4.69) is 54.4 Å². The van der Waals surface area contributed by atoms with Gasteiger partial charge in [0.2, 0.25) is 0 Å². The van der Waals surface area contributed by atoms with Crippen molar-refractivity contribution in [2.45, 2.75) is 33.1 Å². The predicted molar refractivity (Wildman–Crippen MR) is 83.6 cm³/mol. The summed E-state index contributed by atoms with van der Waals surface area (Å²) in [7, 11) is 0. The minimum absolute atomic E-state index is 0.858. The van der Waals surface area contributed by atoms with E-state index < -0.39 is 0 Å². The second-order valence-electron chi connectivity index (χ2n) is 6.21. The first kappa shape index (κ1) is 14.4. The lowest BCUT2D eigenvalue weighted by molar-refractivity contribution is 0.176. The minimum atomic E-state index is 0.858. The summed E-state index contributed by atoms with van der Waals surface area (Å²) in [6, 6.07) is 10.5. The quantitative estimate of drug-likeness (QED) is 0.835. The first-order valence-electron chi connectivity index (χ1n) is 7.75. The molecule has 0 saturated carbocycles. The van der Waals surface area contributed by atoms with Crippen molar-refractivity contribution in [3.8, 4) is 0 Å². The molecular formula is C17H28N2. The number of rotatable bonds is 6. The first-order valence-corrected chi connectivity index (χ1v) is 7.75. The third kappa shape index (κ3) is 5.23. The van der Waals surface area contributed by atoms with Crippen molar-refractivity contribution in [3.05, 3.63) is 30.3 Å². The number of nitrogens with zero attached hydrogens (tertiary/aromatic N) is 1. The van der Waals surface area contributed by atoms with Gasteiger partial charge in [-0.15, -0.1) is 0 Å². The van der Waals surface area contributed by atoms with Crippen LogP contribution >= 0.6 is 0 Å². The van der Waals surface area contributed by atoms with Gasteiger partial charge in [-0.05, 0) is 56.3 Å². The molecule has 0 unspecified atom stereocenters. The first-order chi connectivity index (χ1) is 9.24. The van der Waals surface area contributed by atoms with Gasteiger partial charge >= 0.3 is 0 Å². The molecule has 0 spiro atoms. The van der Waals surface area contributed by atoms with Gasteiger partial charge in [0.15, 0.2) is 0 Å². The molecule has 106 valence electrons. The number of hydrogen-bond acceptors (Lipinski definition) is 2. The Bertz CT molecular complexity index is 340. The van der Waals surface area contributed by atoms with Crippen LogP contribution in [0.4, 0.5) is 5.69 Å². The van der Waals surface area contributed by atoms with E-state index in [0.717, 1.165) is 18.4 Å². The molecule has 2 nitrogen and oxygen atoms in total. The fourth-order valence-electron chi connectivity index (χ4n) is 3.03. The summed E-state index contributed by atoms with van der Waals surface area (Å²) < 4.78 is 0. The summed E-state index contributed by atoms with van der Waals surface area (Å²) in [5, 5.41) is 3.49. The van der Waals surface area contributed by atoms with Crippen LogP contribution < -0.4 is 5.32 Å². The molecule has 0 radical (unpaired) electrons. The predicted octanol–water partition coefficient (Wildman–Crippen LogP) is 3.86. The third-order valence-electron chi connectivity index (χ3n) is 4.04. The lowest BCUT2D eigenvalue weighted by Gasteiger charge is -2.32. The van der Waals surface area contributed by atoms with Crippen LogP contribution in [0.15, 0.2) is 30.3 Å². The van der Waals surface area contributed by atoms with Gasteiger partial charge in [0, 0.05) is 18.8 Å². The van der Waals surface area contributed by atoms with Crippen LogP contribution in [-0.2, 0) is 0 Å². The maximum atomic E-state index is 3.49. The van der Waals surface area contributed by atoms with E-state index >= 15 is 0 Å². The van der Waals surface area contributed by atoms with E-state index in [1.807, 2.05) is 0 Å². The Morgan fingerprint density at radius 2 is 1.84 bits per heavy atom. The van der Waals surface area contributed by atoms with Crippen molar-refractivity contribution in [1.82, 2.24) is 4.90 Å². The average Bonchev–Trinajstić information content (AvgIpc) is 2.41. The average molecular weight is 260 g/mol. The van der Waals surface area contributed by atoms with Crippen LogP contribution in [0.25, 0.3) is 0 Å². The van der Waals surface area contributed by atoms with Gasteiger partial charge < -0.3 is 10.2 Å². The van der Waals surface area contributed by atoms with Gasteiger partial charge in [0.1, 0.15) is 0 Å². The van der Waals surface area contributed by atoms with E-state index in [0.29, 0.717) is 0 Å². The zero-order chi connectivity index (χ0) is 13.5. The van der Waals surface area contributed by atoms with E-state index in [1.165, 1.54) is 44.6 Å². The van der Waals surface area contributed by atoms with Gasteiger partial charge in [0.05, 0.1) is 0 Å². The summed E-state index contributed by atoms with van der Waals surface area (Å²) in [6.07, 6.45) is 4.20. The van der Waals surface area contributed by atoms with E-state index in [-0.39, 0.29) is 0 Å². The molecule has 0 atom stereocenters. The summed E-state index contributed by atoms with van der Waals surface area (Å²) in [4.78, 5) is 2.60. The Morgan fingerprint density at radius 3 is 2.47 bits per heavy atom. The number of hydrogen-bond donors (Lipinski definition) is 1. The topological polar surface area (TPSA) is 15.3 Å².